The monoisotopic (exact) mass is 210 g/mol. The molecule has 14 heavy (non-hydrogen) atoms. The van der Waals surface area contributed by atoms with Crippen LogP contribution in [0.5, 0.6) is 0 Å². The summed E-state index contributed by atoms with van der Waals surface area (Å²) in [7, 11) is 0. The van der Waals surface area contributed by atoms with Crippen LogP contribution in [0.15, 0.2) is 23.9 Å². The third kappa shape index (κ3) is 5.14. The second-order valence-electron chi connectivity index (χ2n) is 3.18. The molecule has 0 aromatic carbocycles. The largest absolute Gasteiger partial charge is 0.316 e. The Morgan fingerprint density at radius 2 is 2.36 bits per heavy atom. The molecule has 0 spiro atoms. The predicted molar refractivity (Wildman–Crippen MR) is 62.7 cm³/mol. The lowest BCUT2D eigenvalue weighted by Gasteiger charge is -1.97. The summed E-state index contributed by atoms with van der Waals surface area (Å²) in [4.78, 5) is 5.37. The van der Waals surface area contributed by atoms with Crippen molar-refractivity contribution in [2.75, 3.05) is 13.1 Å². The molecule has 0 fully saturated rings. The van der Waals surface area contributed by atoms with E-state index in [-0.39, 0.29) is 0 Å². The Bertz CT molecular complexity index is 242. The first-order valence-corrected chi connectivity index (χ1v) is 6.04. The van der Waals surface area contributed by atoms with Crippen LogP contribution in [0.1, 0.15) is 24.6 Å². The van der Waals surface area contributed by atoms with Crippen LogP contribution in [0.2, 0.25) is 0 Å². The Labute approximate surface area is 90.1 Å². The van der Waals surface area contributed by atoms with Gasteiger partial charge in [0.05, 0.1) is 5.51 Å². The summed E-state index contributed by atoms with van der Waals surface area (Å²) in [6.45, 7) is 4.41. The van der Waals surface area contributed by atoms with Gasteiger partial charge in [0.25, 0.3) is 0 Å². The smallest absolute Gasteiger partial charge is 0.0794 e. The average Bonchev–Trinajstić information content (AvgIpc) is 2.69. The van der Waals surface area contributed by atoms with Gasteiger partial charge in [-0.3, -0.25) is 4.98 Å². The molecule has 2 nitrogen and oxygen atoms in total. The topological polar surface area (TPSA) is 24.9 Å². The summed E-state index contributed by atoms with van der Waals surface area (Å²) >= 11 is 1.72. The Kier molecular flexibility index (Phi) is 6.28. The van der Waals surface area contributed by atoms with Crippen LogP contribution in [-0.4, -0.2) is 18.1 Å². The van der Waals surface area contributed by atoms with Crippen molar-refractivity contribution in [3.05, 3.63) is 28.7 Å². The zero-order chi connectivity index (χ0) is 10.1. The van der Waals surface area contributed by atoms with Gasteiger partial charge in [-0.15, -0.1) is 11.3 Å². The van der Waals surface area contributed by atoms with Crippen LogP contribution in [0.25, 0.3) is 0 Å². The van der Waals surface area contributed by atoms with E-state index in [0.29, 0.717) is 0 Å². The number of allylic oxidation sites excluding steroid dienone is 1. The van der Waals surface area contributed by atoms with Crippen LogP contribution >= 0.6 is 11.3 Å². The molecule has 78 valence electrons. The molecule has 0 bridgehead atoms. The molecule has 0 aliphatic carbocycles. The highest BCUT2D eigenvalue weighted by Crippen LogP contribution is 2.06. The maximum Gasteiger partial charge on any atom is 0.0794 e. The number of hydrogen-bond donors (Lipinski definition) is 1. The lowest BCUT2D eigenvalue weighted by Crippen LogP contribution is -2.14. The second kappa shape index (κ2) is 7.71. The fourth-order valence-corrected chi connectivity index (χ4v) is 1.72. The Hall–Kier alpha value is -0.670. The van der Waals surface area contributed by atoms with E-state index < -0.39 is 0 Å². The Balaban J connectivity index is 1.99. The molecule has 0 saturated carbocycles. The lowest BCUT2D eigenvalue weighted by molar-refractivity contribution is 0.678. The standard InChI is InChI=1S/C11H18N2S/c1-2-7-12-8-5-3-4-6-11-9-13-10-14-11/h3-4,9-10,12H,2,5-8H2,1H3/b4-3+. The third-order valence-electron chi connectivity index (χ3n) is 1.88. The van der Waals surface area contributed by atoms with E-state index in [4.69, 9.17) is 0 Å². The van der Waals surface area contributed by atoms with Gasteiger partial charge < -0.3 is 5.32 Å². The van der Waals surface area contributed by atoms with Gasteiger partial charge in [0.2, 0.25) is 0 Å². The second-order valence-corrected chi connectivity index (χ2v) is 4.15. The van der Waals surface area contributed by atoms with Crippen molar-refractivity contribution in [2.45, 2.75) is 26.2 Å². The molecular formula is C11H18N2S. The van der Waals surface area contributed by atoms with E-state index in [1.54, 1.807) is 11.3 Å². The van der Waals surface area contributed by atoms with Crippen molar-refractivity contribution in [3.8, 4) is 0 Å². The van der Waals surface area contributed by atoms with Crippen molar-refractivity contribution >= 4 is 11.3 Å². The molecule has 3 heteroatoms. The van der Waals surface area contributed by atoms with Gasteiger partial charge >= 0.3 is 0 Å². The average molecular weight is 210 g/mol. The summed E-state index contributed by atoms with van der Waals surface area (Å²) < 4.78 is 0. The van der Waals surface area contributed by atoms with Gasteiger partial charge in [-0.25, -0.2) is 0 Å². The maximum atomic E-state index is 4.03. The van der Waals surface area contributed by atoms with E-state index in [9.17, 15) is 0 Å². The van der Waals surface area contributed by atoms with Crippen molar-refractivity contribution in [1.29, 1.82) is 0 Å². The fraction of sp³-hybridized carbons (Fsp3) is 0.545. The third-order valence-corrected chi connectivity index (χ3v) is 2.69. The van der Waals surface area contributed by atoms with Crippen LogP contribution in [-0.2, 0) is 6.42 Å². The Morgan fingerprint density at radius 1 is 1.43 bits per heavy atom. The summed E-state index contributed by atoms with van der Waals surface area (Å²) in [5, 5.41) is 3.37. The zero-order valence-electron chi connectivity index (χ0n) is 8.70. The molecular weight excluding hydrogens is 192 g/mol. The van der Waals surface area contributed by atoms with Gasteiger partial charge in [-0.2, -0.15) is 0 Å². The molecule has 0 radical (unpaired) electrons. The highest BCUT2D eigenvalue weighted by atomic mass is 32.1. The molecule has 1 aromatic rings. The molecule has 1 rings (SSSR count). The minimum absolute atomic E-state index is 1.03. The van der Waals surface area contributed by atoms with E-state index in [1.807, 2.05) is 11.7 Å². The number of nitrogens with zero attached hydrogens (tertiary/aromatic N) is 1. The molecule has 0 amide bonds. The normalized spacial score (nSPS) is 11.2. The van der Waals surface area contributed by atoms with Crippen molar-refractivity contribution in [3.63, 3.8) is 0 Å². The first kappa shape index (κ1) is 11.4. The molecule has 1 heterocycles. The number of nitrogens with one attached hydrogen (secondary N) is 1. The molecule has 0 aliphatic heterocycles. The minimum atomic E-state index is 1.03. The van der Waals surface area contributed by atoms with Crippen molar-refractivity contribution < 1.29 is 0 Å². The van der Waals surface area contributed by atoms with Gasteiger partial charge in [-0.05, 0) is 25.9 Å². The molecule has 0 saturated heterocycles. The SMILES string of the molecule is CCCNCC/C=C/Cc1cncs1. The first-order valence-electron chi connectivity index (χ1n) is 5.16. The van der Waals surface area contributed by atoms with Crippen LogP contribution in [0.3, 0.4) is 0 Å². The fourth-order valence-electron chi connectivity index (χ4n) is 1.15. The molecule has 1 aromatic heterocycles. The predicted octanol–water partition coefficient (Wildman–Crippen LogP) is 2.63. The van der Waals surface area contributed by atoms with Gasteiger partial charge in [0, 0.05) is 17.5 Å². The highest BCUT2D eigenvalue weighted by molar-refractivity contribution is 7.09. The van der Waals surface area contributed by atoms with Crippen LogP contribution in [0.4, 0.5) is 0 Å². The first-order chi connectivity index (χ1) is 6.93. The summed E-state index contributed by atoms with van der Waals surface area (Å²) in [5.41, 5.74) is 1.88. The number of thiazole rings is 1. The zero-order valence-corrected chi connectivity index (χ0v) is 9.52. The van der Waals surface area contributed by atoms with Gasteiger partial charge in [-0.1, -0.05) is 19.1 Å². The molecule has 0 aliphatic rings. The highest BCUT2D eigenvalue weighted by Gasteiger charge is 1.88. The van der Waals surface area contributed by atoms with Crippen molar-refractivity contribution in [1.82, 2.24) is 10.3 Å². The van der Waals surface area contributed by atoms with E-state index in [0.717, 1.165) is 25.9 Å². The number of rotatable bonds is 7. The summed E-state index contributed by atoms with van der Waals surface area (Å²) in [6.07, 6.45) is 9.76. The van der Waals surface area contributed by atoms with E-state index in [1.165, 1.54) is 11.3 Å². The number of aromatic nitrogens is 1. The van der Waals surface area contributed by atoms with Crippen molar-refractivity contribution in [2.24, 2.45) is 0 Å². The van der Waals surface area contributed by atoms with Gasteiger partial charge in [0.15, 0.2) is 0 Å². The molecule has 0 atom stereocenters. The van der Waals surface area contributed by atoms with Crippen LogP contribution < -0.4 is 5.32 Å². The lowest BCUT2D eigenvalue weighted by atomic mass is 10.3. The maximum absolute atomic E-state index is 4.03. The van der Waals surface area contributed by atoms with Crippen LogP contribution in [0, 0.1) is 0 Å². The quantitative estimate of drug-likeness (QED) is 0.553. The van der Waals surface area contributed by atoms with Gasteiger partial charge in [0.1, 0.15) is 0 Å². The minimum Gasteiger partial charge on any atom is -0.316 e. The number of hydrogen-bond acceptors (Lipinski definition) is 3. The van der Waals surface area contributed by atoms with E-state index in [2.05, 4.69) is 29.4 Å². The Morgan fingerprint density at radius 3 is 3.07 bits per heavy atom. The summed E-state index contributed by atoms with van der Waals surface area (Å²) in [6, 6.07) is 0. The molecule has 1 N–H and O–H groups in total. The summed E-state index contributed by atoms with van der Waals surface area (Å²) in [5.74, 6) is 0. The van der Waals surface area contributed by atoms with E-state index >= 15 is 0 Å². The molecule has 0 unspecified atom stereocenters.